The summed E-state index contributed by atoms with van der Waals surface area (Å²) in [5, 5.41) is 82.5. The van der Waals surface area contributed by atoms with Crippen LogP contribution in [0.1, 0.15) is 348 Å². The quantitative estimate of drug-likeness (QED) is 0.00743. The van der Waals surface area contributed by atoms with Crippen LogP contribution in [0.25, 0.3) is 0 Å². The van der Waals surface area contributed by atoms with Gasteiger partial charge in [0.15, 0.2) is 29.4 Å². The minimum Gasteiger partial charge on any atom is -0.502 e. The molecule has 4 saturated heterocycles. The van der Waals surface area contributed by atoms with Crippen molar-refractivity contribution in [2.24, 2.45) is 98.6 Å². The molecule has 10 aliphatic rings. The standard InChI is InChI=1S/C49H81BrO11.C30H44O9.C20H40O/c1-9-10-11-12-13-14-15-16-17-18-19-20-21-22-23-24-25-57-39(29-50)61-43-36(51)26-33(6)35-27-37-47-30-58-49(56,45(47)46(35,43)8)42(53)34(7)40(47)41(44(54)59-37)60-38(52)28-48(55,31(2)3)32(4)5;1-13(2)29(36,14(3)4)11-17(31)9-18-22-16(6)23(33)30(37)26-27(7)19(15(5)8-20(32)24(27)34)10-21(39-25(18)35)28(22,26)12-38-30;1-3-5-6-7-8-9-10-11-12-13-14-15-16-17-18-19-20-21-4-2/h26,31-32,34-35,37,39-43,45,53,55-56H,9-25,27-30H2,1-8H3;8,13-14,16,18-19,21-24,26,33-34,36-37H,9-12H2,1-7H3;4H,2-3,5-20H2,1H3/t34-,35+,37-,39?,40?,41?,42-,43-,45?,46-,47+,49+;16-,18?,19+,21-,22?,23-,24-,26?,27-,28+,30-;/m11./s1. The number of ketones is 3. The van der Waals surface area contributed by atoms with Crippen molar-refractivity contribution < 1.29 is 102 Å². The third kappa shape index (κ3) is 22.0. The van der Waals surface area contributed by atoms with Gasteiger partial charge in [0.2, 0.25) is 6.10 Å². The number of aliphatic hydroxyl groups excluding tert-OH is 3. The van der Waals surface area contributed by atoms with Crippen LogP contribution in [0.4, 0.5) is 0 Å². The number of hydrogen-bond acceptors (Lipinski definition) is 21. The normalized spacial score (nSPS) is 34.6. The van der Waals surface area contributed by atoms with Crippen molar-refractivity contribution in [2.45, 2.75) is 420 Å². The summed E-state index contributed by atoms with van der Waals surface area (Å²) in [4.78, 5) is 81.9. The summed E-state index contributed by atoms with van der Waals surface area (Å²) < 4.78 is 48.7. The van der Waals surface area contributed by atoms with E-state index in [1.54, 1.807) is 40.0 Å². The molecule has 6 aliphatic carbocycles. The zero-order chi connectivity index (χ0) is 89.2. The van der Waals surface area contributed by atoms with Crippen LogP contribution in [-0.4, -0.2) is 175 Å². The summed E-state index contributed by atoms with van der Waals surface area (Å²) in [5.41, 5.74) is -5.61. The Morgan fingerprint density at radius 3 is 1.34 bits per heavy atom. The first-order valence-electron chi connectivity index (χ1n) is 48.2. The SMILES string of the molecule is C=COCCCCCCCCCCCCCCCCCC.CC1=CC(=O)[C@@H](O)[C@]2(C)C3[C@]45CO[C@]3(O)[C@H](O)[C@H](C)C4C(CC(=O)CC(O)(C(C)C)C(C)C)C(=O)O[C@@H]5C[C@@H]12.CCCCCCCCCCCCCCCCCCOC(CBr)O[C@@H]1C(=O)C=C(C)[C@@H]2C[C@H]3OC(=O)C(OC(=O)CC(O)(C(C)C)C(C)C)C4[C@@H](C)[C@@H](O)[C@]5(O)OC[C@@]43C5[C@@]12C. The number of ether oxygens (including phenoxy) is 8. The number of hydrogen-bond donors (Lipinski definition) is 7. The number of carbonyl (C=O) groups is 6. The van der Waals surface area contributed by atoms with Gasteiger partial charge in [0.05, 0.1) is 55.0 Å². The van der Waals surface area contributed by atoms with E-state index in [0.29, 0.717) is 24.8 Å². The van der Waals surface area contributed by atoms with Crippen molar-refractivity contribution in [1.29, 1.82) is 0 Å². The van der Waals surface area contributed by atoms with E-state index in [0.717, 1.165) is 37.0 Å². The maximum atomic E-state index is 14.2. The Bertz CT molecular complexity index is 3370. The molecule has 7 N–H and O–H groups in total. The number of carbonyl (C=O) groups excluding carboxylic acids is 6. The van der Waals surface area contributed by atoms with Crippen molar-refractivity contribution in [3.8, 4) is 0 Å². The molecule has 0 amide bonds. The molecule has 694 valence electrons. The van der Waals surface area contributed by atoms with Gasteiger partial charge in [-0.25, -0.2) is 4.79 Å². The van der Waals surface area contributed by atoms with E-state index in [1.807, 2.05) is 69.2 Å². The fourth-order valence-corrected chi connectivity index (χ4v) is 25.4. The van der Waals surface area contributed by atoms with Crippen LogP contribution >= 0.6 is 15.9 Å². The van der Waals surface area contributed by atoms with Gasteiger partial charge in [-0.2, -0.15) is 0 Å². The highest BCUT2D eigenvalue weighted by atomic mass is 79.9. The first-order valence-corrected chi connectivity index (χ1v) is 49.3. The van der Waals surface area contributed by atoms with Gasteiger partial charge in [0, 0.05) is 58.9 Å². The highest BCUT2D eigenvalue weighted by Crippen LogP contribution is 2.76. The van der Waals surface area contributed by atoms with Crippen molar-refractivity contribution >= 4 is 51.2 Å². The van der Waals surface area contributed by atoms with E-state index in [4.69, 9.17) is 37.9 Å². The van der Waals surface area contributed by atoms with E-state index < -0.39 is 159 Å². The number of allylic oxidation sites excluding steroid dienone is 2. The van der Waals surface area contributed by atoms with Crippen molar-refractivity contribution in [3.05, 3.63) is 36.1 Å². The largest absolute Gasteiger partial charge is 0.502 e. The van der Waals surface area contributed by atoms with Crippen molar-refractivity contribution in [1.82, 2.24) is 0 Å². The first-order chi connectivity index (χ1) is 57.3. The number of alkyl halides is 1. The maximum Gasteiger partial charge on any atom is 0.348 e. The topological polar surface area (TPSA) is 318 Å². The van der Waals surface area contributed by atoms with Crippen LogP contribution in [-0.2, 0) is 66.7 Å². The van der Waals surface area contributed by atoms with Crippen LogP contribution in [0.15, 0.2) is 36.1 Å². The Labute approximate surface area is 736 Å². The van der Waals surface area contributed by atoms with E-state index >= 15 is 0 Å². The molecule has 4 bridgehead atoms. The van der Waals surface area contributed by atoms with Gasteiger partial charge in [-0.15, -0.1) is 0 Å². The van der Waals surface area contributed by atoms with Gasteiger partial charge < -0.3 is 73.6 Å². The fraction of sp³-hybridized carbons (Fsp3) is 0.879. The van der Waals surface area contributed by atoms with E-state index in [1.165, 1.54) is 192 Å². The summed E-state index contributed by atoms with van der Waals surface area (Å²) in [7, 11) is 0. The van der Waals surface area contributed by atoms with Gasteiger partial charge in [-0.3, -0.25) is 24.0 Å². The zero-order valence-corrected chi connectivity index (χ0v) is 79.1. The minimum atomic E-state index is -2.12. The van der Waals surface area contributed by atoms with E-state index in [9.17, 15) is 64.5 Å². The number of fused-ring (bicyclic) bond motifs is 2. The van der Waals surface area contributed by atoms with Crippen LogP contribution < -0.4 is 0 Å². The predicted molar refractivity (Wildman–Crippen MR) is 472 cm³/mol. The van der Waals surface area contributed by atoms with Crippen LogP contribution in [0, 0.1) is 98.6 Å². The molecule has 23 atom stereocenters. The summed E-state index contributed by atoms with van der Waals surface area (Å²) in [6.07, 6.45) is 38.6. The number of unbranched alkanes of at least 4 members (excludes halogenated alkanes) is 30. The maximum absolute atomic E-state index is 14.2. The summed E-state index contributed by atoms with van der Waals surface area (Å²) in [6, 6.07) is 0. The van der Waals surface area contributed by atoms with E-state index in [-0.39, 0.29) is 79.6 Å². The van der Waals surface area contributed by atoms with Gasteiger partial charge in [-0.05, 0) is 105 Å². The van der Waals surface area contributed by atoms with Gasteiger partial charge >= 0.3 is 17.9 Å². The molecule has 10 rings (SSSR count). The number of esters is 3. The van der Waals surface area contributed by atoms with Gasteiger partial charge in [-0.1, -0.05) is 323 Å². The molecule has 0 aromatic heterocycles. The molecule has 22 heteroatoms. The lowest BCUT2D eigenvalue weighted by molar-refractivity contribution is -0.345. The molecule has 121 heavy (non-hydrogen) atoms. The van der Waals surface area contributed by atoms with Crippen LogP contribution in [0.2, 0.25) is 0 Å². The second-order valence-electron chi connectivity index (χ2n) is 40.8. The van der Waals surface area contributed by atoms with Crippen molar-refractivity contribution in [3.63, 3.8) is 0 Å². The summed E-state index contributed by atoms with van der Waals surface area (Å²) in [6.45, 7) is 34.9. The molecule has 7 unspecified atom stereocenters. The molecule has 0 aromatic carbocycles. The lowest BCUT2D eigenvalue weighted by Crippen LogP contribution is -2.78. The Hall–Kier alpha value is -3.52. The molecular weight excluding hydrogens is 1600 g/mol. The summed E-state index contributed by atoms with van der Waals surface area (Å²) >= 11 is 3.56. The van der Waals surface area contributed by atoms with Crippen LogP contribution in [0.3, 0.4) is 0 Å². The molecule has 21 nitrogen and oxygen atoms in total. The number of Topliss-reactive ketones (excluding diaryl/α,β-unsaturated/α-hetero) is 1. The zero-order valence-electron chi connectivity index (χ0n) is 77.5. The molecule has 4 heterocycles. The predicted octanol–water partition coefficient (Wildman–Crippen LogP) is 18.3. The molecule has 0 aromatic rings. The smallest absolute Gasteiger partial charge is 0.348 e. The average Bonchev–Trinajstić information content (AvgIpc) is 1.54. The highest BCUT2D eigenvalue weighted by Gasteiger charge is 2.86. The van der Waals surface area contributed by atoms with Crippen molar-refractivity contribution in [2.75, 3.05) is 31.8 Å². The molecule has 2 spiro atoms. The van der Waals surface area contributed by atoms with Gasteiger partial charge in [0.1, 0.15) is 42.4 Å². The number of rotatable bonds is 50. The second kappa shape index (κ2) is 45.6. The Kier molecular flexibility index (Phi) is 38.8. The molecular formula is C99H165BrO21. The second-order valence-corrected chi connectivity index (χ2v) is 41.5. The lowest BCUT2D eigenvalue weighted by atomic mass is 9.37. The summed E-state index contributed by atoms with van der Waals surface area (Å²) in [5.74, 6) is -14.5. The Morgan fingerprint density at radius 2 is 0.917 bits per heavy atom. The average molecular weight is 1770 g/mol. The van der Waals surface area contributed by atoms with Gasteiger partial charge in [0.25, 0.3) is 0 Å². The lowest BCUT2D eigenvalue weighted by Gasteiger charge is -2.68. The number of halogens is 1. The third-order valence-electron chi connectivity index (χ3n) is 32.0. The van der Waals surface area contributed by atoms with Crippen LogP contribution in [0.5, 0.6) is 0 Å². The minimum absolute atomic E-state index is 0.0310. The fourth-order valence-electron chi connectivity index (χ4n) is 25.1. The monoisotopic (exact) mass is 1770 g/mol. The number of aliphatic hydroxyl groups is 7. The third-order valence-corrected chi connectivity index (χ3v) is 32.5. The highest BCUT2D eigenvalue weighted by molar-refractivity contribution is 9.09. The van der Waals surface area contributed by atoms with E-state index in [2.05, 4.69) is 36.4 Å². The Morgan fingerprint density at radius 1 is 0.545 bits per heavy atom. The molecule has 8 fully saturated rings. The first kappa shape index (κ1) is 103. The molecule has 4 aliphatic heterocycles. The Balaban J connectivity index is 0.000000257. The molecule has 0 radical (unpaired) electrons. The molecule has 4 saturated carbocycles.